The first-order valence-electron chi connectivity index (χ1n) is 9.65. The minimum Gasteiger partial charge on any atom is -0.481 e. The van der Waals surface area contributed by atoms with Crippen LogP contribution in [0.3, 0.4) is 0 Å². The van der Waals surface area contributed by atoms with Crippen LogP contribution in [-0.4, -0.2) is 53.9 Å². The number of carboxylic acids is 2. The molecule has 0 aromatic heterocycles. The lowest BCUT2D eigenvalue weighted by Crippen LogP contribution is -2.57. The summed E-state index contributed by atoms with van der Waals surface area (Å²) in [5, 5.41) is 21.7. The number of alkyl carbamates (subject to hydrolysis) is 1. The Morgan fingerprint density at radius 2 is 1.71 bits per heavy atom. The van der Waals surface area contributed by atoms with E-state index in [2.05, 4.69) is 5.32 Å². The fourth-order valence-corrected chi connectivity index (χ4v) is 5.37. The number of carbonyl (C=O) groups excluding carboxylic acids is 1. The minimum atomic E-state index is -4.28. The summed E-state index contributed by atoms with van der Waals surface area (Å²) in [6, 6.07) is 5.86. The minimum absolute atomic E-state index is 0.130. The van der Waals surface area contributed by atoms with Crippen molar-refractivity contribution in [1.82, 2.24) is 5.32 Å². The molecule has 0 aliphatic heterocycles. The van der Waals surface area contributed by atoms with Crippen LogP contribution >= 0.6 is 0 Å². The van der Waals surface area contributed by atoms with Gasteiger partial charge in [0.2, 0.25) is 0 Å². The van der Waals surface area contributed by atoms with Crippen molar-refractivity contribution in [3.8, 4) is 0 Å². The van der Waals surface area contributed by atoms with Crippen LogP contribution in [0.2, 0.25) is 0 Å². The maximum atomic E-state index is 12.7. The number of fused-ring (bicyclic) bond motifs is 1. The molecule has 0 saturated heterocycles. The first-order chi connectivity index (χ1) is 14.2. The second-order valence-corrected chi connectivity index (χ2v) is 10.5. The van der Waals surface area contributed by atoms with Gasteiger partial charge < -0.3 is 20.3 Å². The van der Waals surface area contributed by atoms with Crippen LogP contribution < -0.4 is 5.32 Å². The number of amides is 1. The predicted octanol–water partition coefficient (Wildman–Crippen LogP) is 1.77. The molecular formula is C20H25NO9S. The third-order valence-electron chi connectivity index (χ3n) is 5.55. The number of aryl methyl sites for hydroxylation is 1. The highest BCUT2D eigenvalue weighted by Crippen LogP contribution is 2.63. The van der Waals surface area contributed by atoms with Crippen LogP contribution in [0.25, 0.3) is 0 Å². The molecule has 0 spiro atoms. The van der Waals surface area contributed by atoms with Crippen molar-refractivity contribution in [2.24, 2.45) is 17.8 Å². The van der Waals surface area contributed by atoms with Gasteiger partial charge in [0.1, 0.15) is 11.1 Å². The molecule has 5 atom stereocenters. The van der Waals surface area contributed by atoms with E-state index in [0.29, 0.717) is 0 Å². The second kappa shape index (κ2) is 7.49. The normalized spacial score (nSPS) is 29.7. The Morgan fingerprint density at radius 1 is 1.13 bits per heavy atom. The zero-order valence-corrected chi connectivity index (χ0v) is 18.3. The molecule has 0 heterocycles. The molecule has 170 valence electrons. The Kier molecular flexibility index (Phi) is 5.56. The Hall–Kier alpha value is -2.66. The SMILES string of the molecule is Cc1ccc(S(=O)(=O)O[C@H]2C[C@@](NC(=O)OC(C)(C)C)(C(=O)O)[C@@H]3[C@@H](C(=O)O)[C@@H]32)cc1. The van der Waals surface area contributed by atoms with E-state index in [4.69, 9.17) is 8.92 Å². The topological polar surface area (TPSA) is 156 Å². The van der Waals surface area contributed by atoms with Gasteiger partial charge >= 0.3 is 18.0 Å². The van der Waals surface area contributed by atoms with Gasteiger partial charge in [-0.15, -0.1) is 0 Å². The molecule has 3 rings (SSSR count). The van der Waals surface area contributed by atoms with Crippen LogP contribution in [0.15, 0.2) is 29.2 Å². The molecule has 2 fully saturated rings. The molecule has 1 amide bonds. The maximum Gasteiger partial charge on any atom is 0.408 e. The summed E-state index contributed by atoms with van der Waals surface area (Å²) in [5.41, 5.74) is -2.11. The molecule has 1 aromatic carbocycles. The van der Waals surface area contributed by atoms with Crippen LogP contribution in [0.1, 0.15) is 32.8 Å². The van der Waals surface area contributed by atoms with Crippen molar-refractivity contribution in [3.63, 3.8) is 0 Å². The molecule has 11 heteroatoms. The van der Waals surface area contributed by atoms with Crippen molar-refractivity contribution in [3.05, 3.63) is 29.8 Å². The van der Waals surface area contributed by atoms with E-state index in [1.165, 1.54) is 12.1 Å². The lowest BCUT2D eigenvalue weighted by atomic mass is 9.89. The number of hydrogen-bond acceptors (Lipinski definition) is 7. The number of carboxylic acid groups (broad SMARTS) is 2. The zero-order chi connectivity index (χ0) is 23.4. The van der Waals surface area contributed by atoms with Crippen LogP contribution in [-0.2, 0) is 28.6 Å². The average Bonchev–Trinajstić information content (AvgIpc) is 3.28. The number of rotatable bonds is 6. The van der Waals surface area contributed by atoms with Crippen LogP contribution in [0.5, 0.6) is 0 Å². The van der Waals surface area contributed by atoms with Crippen molar-refractivity contribution < 1.29 is 41.9 Å². The van der Waals surface area contributed by atoms with Gasteiger partial charge in [0.15, 0.2) is 0 Å². The molecule has 2 saturated carbocycles. The third kappa shape index (κ3) is 4.38. The summed E-state index contributed by atoms with van der Waals surface area (Å²) in [6.45, 7) is 6.56. The molecule has 2 aliphatic rings. The largest absolute Gasteiger partial charge is 0.481 e. The molecule has 0 unspecified atom stereocenters. The van der Waals surface area contributed by atoms with Gasteiger partial charge in [0, 0.05) is 18.3 Å². The summed E-state index contributed by atoms with van der Waals surface area (Å²) < 4.78 is 35.8. The molecule has 31 heavy (non-hydrogen) atoms. The summed E-state index contributed by atoms with van der Waals surface area (Å²) >= 11 is 0. The Labute approximate surface area is 179 Å². The highest BCUT2D eigenvalue weighted by atomic mass is 32.2. The molecule has 2 aliphatic carbocycles. The quantitative estimate of drug-likeness (QED) is 0.544. The zero-order valence-electron chi connectivity index (χ0n) is 17.5. The van der Waals surface area contributed by atoms with Crippen molar-refractivity contribution >= 4 is 28.1 Å². The first-order valence-corrected chi connectivity index (χ1v) is 11.1. The van der Waals surface area contributed by atoms with E-state index in [1.54, 1.807) is 39.8 Å². The Balaban J connectivity index is 1.90. The Bertz CT molecular complexity index is 1010. The third-order valence-corrected chi connectivity index (χ3v) is 6.90. The lowest BCUT2D eigenvalue weighted by molar-refractivity contribution is -0.147. The summed E-state index contributed by atoms with van der Waals surface area (Å²) in [4.78, 5) is 36.0. The van der Waals surface area contributed by atoms with Gasteiger partial charge in [-0.1, -0.05) is 17.7 Å². The van der Waals surface area contributed by atoms with E-state index in [0.717, 1.165) is 5.56 Å². The van der Waals surface area contributed by atoms with Gasteiger partial charge in [-0.2, -0.15) is 8.42 Å². The molecule has 0 radical (unpaired) electrons. The van der Waals surface area contributed by atoms with E-state index in [9.17, 15) is 33.0 Å². The lowest BCUT2D eigenvalue weighted by Gasteiger charge is -2.31. The molecule has 0 bridgehead atoms. The number of ether oxygens (including phenoxy) is 1. The molecule has 1 aromatic rings. The average molecular weight is 455 g/mol. The van der Waals surface area contributed by atoms with Gasteiger partial charge in [-0.25, -0.2) is 9.59 Å². The van der Waals surface area contributed by atoms with E-state index in [1.807, 2.05) is 0 Å². The molecule has 10 nitrogen and oxygen atoms in total. The molecular weight excluding hydrogens is 430 g/mol. The second-order valence-electron chi connectivity index (χ2n) is 8.98. The van der Waals surface area contributed by atoms with E-state index >= 15 is 0 Å². The fourth-order valence-electron chi connectivity index (χ4n) is 4.26. The van der Waals surface area contributed by atoms with Gasteiger partial charge in [0.25, 0.3) is 10.1 Å². The number of nitrogens with one attached hydrogen (secondary N) is 1. The van der Waals surface area contributed by atoms with Crippen LogP contribution in [0, 0.1) is 24.7 Å². The number of benzene rings is 1. The standard InChI is InChI=1S/C20H25NO9S/c1-10-5-7-11(8-6-10)31(27,28)30-12-9-20(17(24)25,15-13(12)14(15)16(22)23)21-18(26)29-19(2,3)4/h5-8,12-15H,9H2,1-4H3,(H,21,26)(H,22,23)(H,24,25)/t12-,13-,14-,15-,20-/m0/s1. The van der Waals surface area contributed by atoms with Crippen molar-refractivity contribution in [1.29, 1.82) is 0 Å². The molecule has 3 N–H and O–H groups in total. The maximum absolute atomic E-state index is 12.7. The summed E-state index contributed by atoms with van der Waals surface area (Å²) in [6.07, 6.45) is -2.68. The smallest absolute Gasteiger partial charge is 0.408 e. The highest BCUT2D eigenvalue weighted by molar-refractivity contribution is 7.86. The number of hydrogen-bond donors (Lipinski definition) is 3. The summed E-state index contributed by atoms with van der Waals surface area (Å²) in [5.74, 6) is -5.85. The fraction of sp³-hybridized carbons (Fsp3) is 0.550. The monoisotopic (exact) mass is 455 g/mol. The van der Waals surface area contributed by atoms with Gasteiger partial charge in [0.05, 0.1) is 16.9 Å². The van der Waals surface area contributed by atoms with Gasteiger partial charge in [-0.3, -0.25) is 8.98 Å². The first kappa shape index (κ1) is 23.0. The number of carbonyl (C=O) groups is 3. The van der Waals surface area contributed by atoms with E-state index in [-0.39, 0.29) is 4.90 Å². The number of aliphatic carboxylic acids is 2. The summed E-state index contributed by atoms with van der Waals surface area (Å²) in [7, 11) is -4.28. The van der Waals surface area contributed by atoms with E-state index < -0.39 is 69.6 Å². The highest BCUT2D eigenvalue weighted by Gasteiger charge is 2.77. The van der Waals surface area contributed by atoms with Crippen molar-refractivity contribution in [2.45, 2.75) is 56.3 Å². The van der Waals surface area contributed by atoms with Crippen LogP contribution in [0.4, 0.5) is 4.79 Å². The van der Waals surface area contributed by atoms with Gasteiger partial charge in [-0.05, 0) is 39.8 Å². The predicted molar refractivity (Wildman–Crippen MR) is 106 cm³/mol. The van der Waals surface area contributed by atoms with Crippen molar-refractivity contribution in [2.75, 3.05) is 0 Å². The Morgan fingerprint density at radius 3 is 2.19 bits per heavy atom.